The number of hydrogen-bond acceptors (Lipinski definition) is 2. The quantitative estimate of drug-likeness (QED) is 0.535. The first kappa shape index (κ1) is 16.0. The zero-order valence-electron chi connectivity index (χ0n) is 14.9. The van der Waals surface area contributed by atoms with Crippen molar-refractivity contribution in [1.82, 2.24) is 14.1 Å². The molecule has 0 bridgehead atoms. The van der Waals surface area contributed by atoms with Crippen LogP contribution in [0.2, 0.25) is 0 Å². The number of aromatic nitrogens is 3. The number of pyridine rings is 1. The molecule has 0 radical (unpaired) electrons. The summed E-state index contributed by atoms with van der Waals surface area (Å²) < 4.78 is 17.2. The van der Waals surface area contributed by atoms with Crippen LogP contribution in [0.5, 0.6) is 0 Å². The number of benzene rings is 2. The standard InChI is InChI=1S/C22H18FN3O/c1-14-2-9-19-20(12-14)26(18-5-3-16(23)4-6-18)22(24-19)15-10-11-25(17-7-8-17)21(27)13-15/h2-6,9-13,17H,7-8H2,1H3. The van der Waals surface area contributed by atoms with Crippen molar-refractivity contribution in [1.29, 1.82) is 0 Å². The third-order valence-electron chi connectivity index (χ3n) is 5.04. The van der Waals surface area contributed by atoms with E-state index in [0.717, 1.165) is 40.7 Å². The van der Waals surface area contributed by atoms with Crippen molar-refractivity contribution < 1.29 is 4.39 Å². The van der Waals surface area contributed by atoms with Gasteiger partial charge in [0.1, 0.15) is 11.6 Å². The van der Waals surface area contributed by atoms with Crippen LogP contribution in [0.25, 0.3) is 28.1 Å². The second-order valence-electron chi connectivity index (χ2n) is 7.13. The fraction of sp³-hybridized carbons (Fsp3) is 0.182. The Morgan fingerprint density at radius 2 is 1.81 bits per heavy atom. The van der Waals surface area contributed by atoms with Crippen molar-refractivity contribution >= 4 is 11.0 Å². The first-order valence-electron chi connectivity index (χ1n) is 9.08. The van der Waals surface area contributed by atoms with Crippen molar-refractivity contribution in [2.24, 2.45) is 0 Å². The average molecular weight is 359 g/mol. The number of imidazole rings is 1. The van der Waals surface area contributed by atoms with E-state index in [-0.39, 0.29) is 11.4 Å². The highest BCUT2D eigenvalue weighted by atomic mass is 19.1. The highest BCUT2D eigenvalue weighted by Crippen LogP contribution is 2.34. The van der Waals surface area contributed by atoms with E-state index >= 15 is 0 Å². The minimum atomic E-state index is -0.284. The van der Waals surface area contributed by atoms with Crippen LogP contribution in [-0.2, 0) is 0 Å². The molecular formula is C22H18FN3O. The SMILES string of the molecule is Cc1ccc2nc(-c3ccn(C4CC4)c(=O)c3)n(-c3ccc(F)cc3)c2c1. The molecule has 27 heavy (non-hydrogen) atoms. The molecule has 2 aromatic carbocycles. The monoisotopic (exact) mass is 359 g/mol. The van der Waals surface area contributed by atoms with E-state index in [0.29, 0.717) is 11.9 Å². The van der Waals surface area contributed by atoms with Gasteiger partial charge in [0.25, 0.3) is 5.56 Å². The number of aryl methyl sites for hydroxylation is 1. The predicted octanol–water partition coefficient (Wildman–Crippen LogP) is 4.64. The van der Waals surface area contributed by atoms with Crippen molar-refractivity contribution in [3.8, 4) is 17.1 Å². The van der Waals surface area contributed by atoms with Gasteiger partial charge in [-0.3, -0.25) is 9.36 Å². The van der Waals surface area contributed by atoms with E-state index in [1.165, 1.54) is 12.1 Å². The highest BCUT2D eigenvalue weighted by molar-refractivity contribution is 5.83. The molecule has 2 heterocycles. The summed E-state index contributed by atoms with van der Waals surface area (Å²) in [6.45, 7) is 2.03. The molecule has 0 aliphatic heterocycles. The molecule has 0 amide bonds. The minimum Gasteiger partial charge on any atom is -0.312 e. The van der Waals surface area contributed by atoms with E-state index < -0.39 is 0 Å². The summed E-state index contributed by atoms with van der Waals surface area (Å²) >= 11 is 0. The first-order valence-corrected chi connectivity index (χ1v) is 9.08. The van der Waals surface area contributed by atoms with Crippen LogP contribution < -0.4 is 5.56 Å². The van der Waals surface area contributed by atoms with Crippen molar-refractivity contribution in [2.75, 3.05) is 0 Å². The minimum absolute atomic E-state index is 0.0103. The van der Waals surface area contributed by atoms with E-state index in [2.05, 4.69) is 6.07 Å². The van der Waals surface area contributed by atoms with Gasteiger partial charge >= 0.3 is 0 Å². The van der Waals surface area contributed by atoms with Crippen molar-refractivity contribution in [3.63, 3.8) is 0 Å². The van der Waals surface area contributed by atoms with Crippen molar-refractivity contribution in [2.45, 2.75) is 25.8 Å². The third kappa shape index (κ3) is 2.76. The summed E-state index contributed by atoms with van der Waals surface area (Å²) in [6.07, 6.45) is 3.98. The van der Waals surface area contributed by atoms with Crippen LogP contribution in [-0.4, -0.2) is 14.1 Å². The van der Waals surface area contributed by atoms with Crippen LogP contribution in [0.3, 0.4) is 0 Å². The maximum absolute atomic E-state index is 13.4. The fourth-order valence-electron chi connectivity index (χ4n) is 3.51. The van der Waals surface area contributed by atoms with Gasteiger partial charge in [-0.1, -0.05) is 6.07 Å². The summed E-state index contributed by atoms with van der Waals surface area (Å²) in [4.78, 5) is 17.3. The van der Waals surface area contributed by atoms with Gasteiger partial charge in [0, 0.05) is 29.6 Å². The molecule has 5 heteroatoms. The number of halogens is 1. The Morgan fingerprint density at radius 3 is 2.52 bits per heavy atom. The topological polar surface area (TPSA) is 39.8 Å². The maximum atomic E-state index is 13.4. The Kier molecular flexibility index (Phi) is 3.50. The zero-order valence-corrected chi connectivity index (χ0v) is 14.9. The molecule has 1 saturated carbocycles. The molecule has 0 unspecified atom stereocenters. The first-order chi connectivity index (χ1) is 13.1. The second-order valence-corrected chi connectivity index (χ2v) is 7.13. The van der Waals surface area contributed by atoms with Gasteiger partial charge in [0.05, 0.1) is 11.0 Å². The van der Waals surface area contributed by atoms with Gasteiger partial charge in [-0.15, -0.1) is 0 Å². The Bertz CT molecular complexity index is 1220. The molecule has 4 nitrogen and oxygen atoms in total. The molecule has 2 aromatic heterocycles. The van der Waals surface area contributed by atoms with Gasteiger partial charge in [0.2, 0.25) is 0 Å². The maximum Gasteiger partial charge on any atom is 0.251 e. The summed E-state index contributed by atoms with van der Waals surface area (Å²) in [5, 5.41) is 0. The number of fused-ring (bicyclic) bond motifs is 1. The Labute approximate surface area is 155 Å². The van der Waals surface area contributed by atoms with Gasteiger partial charge < -0.3 is 4.57 Å². The average Bonchev–Trinajstić information content (AvgIpc) is 3.43. The molecule has 0 N–H and O–H groups in total. The zero-order chi connectivity index (χ0) is 18.5. The van der Waals surface area contributed by atoms with Gasteiger partial charge in [0.15, 0.2) is 0 Å². The van der Waals surface area contributed by atoms with Crippen molar-refractivity contribution in [3.05, 3.63) is 82.5 Å². The van der Waals surface area contributed by atoms with Crippen LogP contribution in [0.15, 0.2) is 65.6 Å². The smallest absolute Gasteiger partial charge is 0.251 e. The highest BCUT2D eigenvalue weighted by Gasteiger charge is 2.24. The molecule has 0 saturated heterocycles. The Morgan fingerprint density at radius 1 is 1.04 bits per heavy atom. The van der Waals surface area contributed by atoms with E-state index in [1.54, 1.807) is 22.8 Å². The summed E-state index contributed by atoms with van der Waals surface area (Å²) in [6, 6.07) is 16.3. The largest absolute Gasteiger partial charge is 0.312 e. The second kappa shape index (κ2) is 5.91. The third-order valence-corrected chi connectivity index (χ3v) is 5.04. The van der Waals surface area contributed by atoms with Gasteiger partial charge in [-0.25, -0.2) is 9.37 Å². The summed E-state index contributed by atoms with van der Waals surface area (Å²) in [5.41, 5.74) is 4.44. The molecule has 4 aromatic rings. The molecule has 1 aliphatic rings. The molecule has 1 aliphatic carbocycles. The lowest BCUT2D eigenvalue weighted by Gasteiger charge is -2.11. The Hall–Kier alpha value is -3.21. The fourth-order valence-corrected chi connectivity index (χ4v) is 3.51. The summed E-state index contributed by atoms with van der Waals surface area (Å²) in [7, 11) is 0. The molecule has 1 fully saturated rings. The van der Waals surface area contributed by atoms with E-state index in [4.69, 9.17) is 4.98 Å². The van der Waals surface area contributed by atoms with Gasteiger partial charge in [-0.05, 0) is 67.8 Å². The molecule has 5 rings (SSSR count). The number of rotatable bonds is 3. The molecule has 134 valence electrons. The number of hydrogen-bond donors (Lipinski definition) is 0. The van der Waals surface area contributed by atoms with Crippen LogP contribution in [0.1, 0.15) is 24.4 Å². The van der Waals surface area contributed by atoms with Crippen LogP contribution in [0, 0.1) is 12.7 Å². The molecular weight excluding hydrogens is 341 g/mol. The van der Waals surface area contributed by atoms with E-state index in [9.17, 15) is 9.18 Å². The molecule has 0 spiro atoms. The van der Waals surface area contributed by atoms with E-state index in [1.807, 2.05) is 35.9 Å². The van der Waals surface area contributed by atoms with Crippen LogP contribution >= 0.6 is 0 Å². The predicted molar refractivity (Wildman–Crippen MR) is 104 cm³/mol. The molecule has 0 atom stereocenters. The summed E-state index contributed by atoms with van der Waals surface area (Å²) in [5.74, 6) is 0.398. The lowest BCUT2D eigenvalue weighted by atomic mass is 10.2. The van der Waals surface area contributed by atoms with Gasteiger partial charge in [-0.2, -0.15) is 0 Å². The normalized spacial score (nSPS) is 14.0. The number of nitrogens with zero attached hydrogens (tertiary/aromatic N) is 3. The lowest BCUT2D eigenvalue weighted by molar-refractivity contribution is 0.627. The lowest BCUT2D eigenvalue weighted by Crippen LogP contribution is -2.17. The van der Waals surface area contributed by atoms with Crippen LogP contribution in [0.4, 0.5) is 4.39 Å². The Balaban J connectivity index is 1.76.